The largest absolute Gasteiger partial charge is 0.333 e. The number of thioether (sulfide) groups is 1. The van der Waals surface area contributed by atoms with Crippen molar-refractivity contribution in [1.29, 1.82) is 0 Å². The lowest BCUT2D eigenvalue weighted by molar-refractivity contribution is 0.426. The smallest absolute Gasteiger partial charge is 0.268 e. The van der Waals surface area contributed by atoms with Crippen LogP contribution in [-0.4, -0.2) is 24.9 Å². The van der Waals surface area contributed by atoms with Crippen LogP contribution in [-0.2, 0) is 12.8 Å². The zero-order valence-corrected chi connectivity index (χ0v) is 15.5. The van der Waals surface area contributed by atoms with Gasteiger partial charge in [-0.2, -0.15) is 4.98 Å². The molecule has 3 heterocycles. The molecular formula is C16H12ClN5OS2. The molecule has 25 heavy (non-hydrogen) atoms. The van der Waals surface area contributed by atoms with Crippen LogP contribution >= 0.6 is 34.7 Å². The van der Waals surface area contributed by atoms with Crippen LogP contribution in [0.25, 0.3) is 22.2 Å². The fraction of sp³-hybridized carbons (Fsp3) is 0.125. The Labute approximate surface area is 156 Å². The number of halogens is 1. The van der Waals surface area contributed by atoms with E-state index >= 15 is 0 Å². The first kappa shape index (κ1) is 16.3. The van der Waals surface area contributed by atoms with Crippen LogP contribution in [0.1, 0.15) is 5.82 Å². The van der Waals surface area contributed by atoms with E-state index in [0.717, 1.165) is 21.4 Å². The molecule has 0 fully saturated rings. The standard InChI is InChI=1S/C16H12ClN5OS2/c1-22-14(10-5-2-3-6-11(10)17)19-20-16(22)25-9-13-18-15(23-21-13)12-7-4-8-24-12/h2-8H,9H2,1H3. The Hall–Kier alpha value is -2.16. The number of nitrogens with zero attached hydrogens (tertiary/aromatic N) is 5. The molecule has 0 aliphatic carbocycles. The van der Waals surface area contributed by atoms with Gasteiger partial charge in [0, 0.05) is 12.6 Å². The molecule has 0 spiro atoms. The monoisotopic (exact) mass is 389 g/mol. The maximum atomic E-state index is 6.25. The molecule has 4 rings (SSSR count). The number of hydrogen-bond acceptors (Lipinski definition) is 7. The van der Waals surface area contributed by atoms with Crippen molar-refractivity contribution in [3.8, 4) is 22.2 Å². The van der Waals surface area contributed by atoms with E-state index in [1.165, 1.54) is 11.8 Å². The minimum absolute atomic E-state index is 0.542. The van der Waals surface area contributed by atoms with Gasteiger partial charge in [0.1, 0.15) is 0 Å². The van der Waals surface area contributed by atoms with Crippen molar-refractivity contribution in [3.05, 3.63) is 52.6 Å². The summed E-state index contributed by atoms with van der Waals surface area (Å²) in [6.07, 6.45) is 0. The summed E-state index contributed by atoms with van der Waals surface area (Å²) in [5.41, 5.74) is 0.852. The summed E-state index contributed by atoms with van der Waals surface area (Å²) in [7, 11) is 1.91. The van der Waals surface area contributed by atoms with E-state index in [1.54, 1.807) is 11.3 Å². The van der Waals surface area contributed by atoms with Crippen LogP contribution in [0.2, 0.25) is 5.02 Å². The molecular weight excluding hydrogens is 378 g/mol. The van der Waals surface area contributed by atoms with E-state index in [1.807, 2.05) is 53.4 Å². The van der Waals surface area contributed by atoms with Crippen molar-refractivity contribution in [2.24, 2.45) is 7.05 Å². The van der Waals surface area contributed by atoms with Gasteiger partial charge in [0.05, 0.1) is 15.7 Å². The van der Waals surface area contributed by atoms with E-state index in [4.69, 9.17) is 16.1 Å². The van der Waals surface area contributed by atoms with Crippen molar-refractivity contribution in [2.45, 2.75) is 10.9 Å². The number of rotatable bonds is 5. The van der Waals surface area contributed by atoms with Gasteiger partial charge in [-0.15, -0.1) is 21.5 Å². The predicted octanol–water partition coefficient (Wildman–Crippen LogP) is 4.54. The van der Waals surface area contributed by atoms with E-state index in [9.17, 15) is 0 Å². The van der Waals surface area contributed by atoms with Gasteiger partial charge in [-0.3, -0.25) is 0 Å². The third-order valence-corrected chi connectivity index (χ3v) is 5.68. The SMILES string of the molecule is Cn1c(SCc2noc(-c3cccs3)n2)nnc1-c1ccccc1Cl. The molecule has 6 nitrogen and oxygen atoms in total. The molecule has 0 radical (unpaired) electrons. The molecule has 0 unspecified atom stereocenters. The minimum Gasteiger partial charge on any atom is -0.333 e. The highest BCUT2D eigenvalue weighted by atomic mass is 35.5. The number of benzene rings is 1. The Kier molecular flexibility index (Phi) is 4.56. The normalized spacial score (nSPS) is 11.1. The van der Waals surface area contributed by atoms with Crippen molar-refractivity contribution in [2.75, 3.05) is 0 Å². The molecule has 0 bridgehead atoms. The van der Waals surface area contributed by atoms with E-state index in [0.29, 0.717) is 22.5 Å². The zero-order chi connectivity index (χ0) is 17.2. The summed E-state index contributed by atoms with van der Waals surface area (Å²) in [5, 5.41) is 15.9. The van der Waals surface area contributed by atoms with Crippen LogP contribution in [0.15, 0.2) is 51.5 Å². The van der Waals surface area contributed by atoms with E-state index in [-0.39, 0.29) is 0 Å². The van der Waals surface area contributed by atoms with Crippen LogP contribution < -0.4 is 0 Å². The summed E-state index contributed by atoms with van der Waals surface area (Å²) >= 11 is 9.31. The summed E-state index contributed by atoms with van der Waals surface area (Å²) in [6, 6.07) is 11.5. The lowest BCUT2D eigenvalue weighted by atomic mass is 10.2. The van der Waals surface area contributed by atoms with Gasteiger partial charge < -0.3 is 9.09 Å². The molecule has 0 saturated carbocycles. The molecule has 0 N–H and O–H groups in total. The Balaban J connectivity index is 1.50. The van der Waals surface area contributed by atoms with Crippen LogP contribution in [0.5, 0.6) is 0 Å². The molecule has 3 aromatic heterocycles. The Morgan fingerprint density at radius 1 is 1.20 bits per heavy atom. The first-order valence-corrected chi connectivity index (χ1v) is 9.60. The van der Waals surface area contributed by atoms with Crippen molar-refractivity contribution < 1.29 is 4.52 Å². The molecule has 0 aliphatic rings. The summed E-state index contributed by atoms with van der Waals surface area (Å²) < 4.78 is 7.20. The second kappa shape index (κ2) is 6.99. The average molecular weight is 390 g/mol. The summed E-state index contributed by atoms with van der Waals surface area (Å²) in [6.45, 7) is 0. The van der Waals surface area contributed by atoms with Crippen molar-refractivity contribution in [1.82, 2.24) is 24.9 Å². The van der Waals surface area contributed by atoms with Crippen LogP contribution in [0.3, 0.4) is 0 Å². The van der Waals surface area contributed by atoms with Crippen LogP contribution in [0.4, 0.5) is 0 Å². The fourth-order valence-electron chi connectivity index (χ4n) is 2.26. The zero-order valence-electron chi connectivity index (χ0n) is 13.1. The second-order valence-corrected chi connectivity index (χ2v) is 7.42. The minimum atomic E-state index is 0.542. The quantitative estimate of drug-likeness (QED) is 0.467. The van der Waals surface area contributed by atoms with E-state index < -0.39 is 0 Å². The van der Waals surface area contributed by atoms with Gasteiger partial charge in [-0.25, -0.2) is 0 Å². The van der Waals surface area contributed by atoms with Crippen molar-refractivity contribution >= 4 is 34.7 Å². The maximum absolute atomic E-state index is 6.25. The number of aromatic nitrogens is 5. The highest BCUT2D eigenvalue weighted by Gasteiger charge is 2.15. The van der Waals surface area contributed by atoms with Gasteiger partial charge in [0.25, 0.3) is 5.89 Å². The first-order valence-electron chi connectivity index (χ1n) is 7.36. The Morgan fingerprint density at radius 3 is 2.88 bits per heavy atom. The summed E-state index contributed by atoms with van der Waals surface area (Å²) in [4.78, 5) is 5.37. The van der Waals surface area contributed by atoms with Gasteiger partial charge in [-0.05, 0) is 23.6 Å². The fourth-order valence-corrected chi connectivity index (χ4v) is 3.88. The topological polar surface area (TPSA) is 69.6 Å². The first-order chi connectivity index (χ1) is 12.2. The number of hydrogen-bond donors (Lipinski definition) is 0. The van der Waals surface area contributed by atoms with Gasteiger partial charge in [0.15, 0.2) is 16.8 Å². The van der Waals surface area contributed by atoms with Crippen LogP contribution in [0, 0.1) is 0 Å². The van der Waals surface area contributed by atoms with Gasteiger partial charge in [0.2, 0.25) is 0 Å². The second-order valence-electron chi connectivity index (χ2n) is 5.13. The van der Waals surface area contributed by atoms with E-state index in [2.05, 4.69) is 20.3 Å². The Bertz CT molecular complexity index is 996. The molecule has 0 aliphatic heterocycles. The summed E-state index contributed by atoms with van der Waals surface area (Å²) in [5.74, 6) is 2.43. The van der Waals surface area contributed by atoms with Gasteiger partial charge >= 0.3 is 0 Å². The molecule has 1 aromatic carbocycles. The lowest BCUT2D eigenvalue weighted by Gasteiger charge is -2.04. The predicted molar refractivity (Wildman–Crippen MR) is 98.6 cm³/mol. The molecule has 0 saturated heterocycles. The molecule has 0 atom stereocenters. The molecule has 9 heteroatoms. The molecule has 4 aromatic rings. The maximum Gasteiger partial charge on any atom is 0.268 e. The third-order valence-electron chi connectivity index (χ3n) is 3.48. The van der Waals surface area contributed by atoms with Crippen molar-refractivity contribution in [3.63, 3.8) is 0 Å². The Morgan fingerprint density at radius 2 is 2.08 bits per heavy atom. The number of thiophene rings is 1. The average Bonchev–Trinajstić information content (AvgIpc) is 3.35. The van der Waals surface area contributed by atoms with Gasteiger partial charge in [-0.1, -0.05) is 46.7 Å². The highest BCUT2D eigenvalue weighted by Crippen LogP contribution is 2.29. The molecule has 0 amide bonds. The third kappa shape index (κ3) is 3.33. The highest BCUT2D eigenvalue weighted by molar-refractivity contribution is 7.98. The lowest BCUT2D eigenvalue weighted by Crippen LogP contribution is -1.96. The molecule has 126 valence electrons.